The smallest absolute Gasteiger partial charge is 0.416 e. The minimum atomic E-state index is -4.52. The average molecular weight is 510 g/mol. The summed E-state index contributed by atoms with van der Waals surface area (Å²) < 4.78 is 45.0. The van der Waals surface area contributed by atoms with E-state index in [4.69, 9.17) is 4.74 Å². The van der Waals surface area contributed by atoms with Crippen molar-refractivity contribution in [3.8, 4) is 11.5 Å². The normalized spacial score (nSPS) is 15.2. The molecule has 37 heavy (non-hydrogen) atoms. The standard InChI is InChI=1S/C27H26F3N5O2/c28-27(29,30)19-12-14-31-22(16-19)33-26(36)18-8-10-20(11-9-18)37-21-13-15-32-25-23(21)24(34-35-25)17-6-4-2-1-3-5-7-17/h8-17H,1-7H2,(H,31,33,36)(H,32,34,35). The van der Waals surface area contributed by atoms with Gasteiger partial charge < -0.3 is 10.1 Å². The number of carbonyl (C=O) groups excluding carboxylic acids is 1. The Hall–Kier alpha value is -3.95. The van der Waals surface area contributed by atoms with Crippen LogP contribution in [0.15, 0.2) is 54.9 Å². The summed E-state index contributed by atoms with van der Waals surface area (Å²) >= 11 is 0. The van der Waals surface area contributed by atoms with E-state index in [1.54, 1.807) is 36.5 Å². The first-order chi connectivity index (χ1) is 17.9. The van der Waals surface area contributed by atoms with Gasteiger partial charge in [-0.3, -0.25) is 9.89 Å². The van der Waals surface area contributed by atoms with Crippen LogP contribution in [0.5, 0.6) is 11.5 Å². The number of anilines is 1. The Kier molecular flexibility index (Phi) is 7.07. The zero-order valence-corrected chi connectivity index (χ0v) is 20.0. The molecule has 3 heterocycles. The molecule has 0 saturated heterocycles. The highest BCUT2D eigenvalue weighted by molar-refractivity contribution is 6.03. The van der Waals surface area contributed by atoms with Gasteiger partial charge in [-0.2, -0.15) is 18.3 Å². The largest absolute Gasteiger partial charge is 0.456 e. The summed E-state index contributed by atoms with van der Waals surface area (Å²) in [6.45, 7) is 0. The molecule has 0 spiro atoms. The molecule has 0 unspecified atom stereocenters. The number of aromatic nitrogens is 4. The van der Waals surface area contributed by atoms with Crippen LogP contribution in [0, 0.1) is 0 Å². The van der Waals surface area contributed by atoms with Gasteiger partial charge in [-0.15, -0.1) is 0 Å². The Morgan fingerprint density at radius 2 is 1.65 bits per heavy atom. The number of ether oxygens (including phenoxy) is 1. The summed E-state index contributed by atoms with van der Waals surface area (Å²) in [6.07, 6.45) is 6.45. The Morgan fingerprint density at radius 1 is 0.946 bits per heavy atom. The van der Waals surface area contributed by atoms with Crippen molar-refractivity contribution >= 4 is 22.8 Å². The number of H-pyrrole nitrogens is 1. The molecule has 1 aromatic carbocycles. The minimum absolute atomic E-state index is 0.180. The molecular formula is C27H26F3N5O2. The van der Waals surface area contributed by atoms with Gasteiger partial charge in [0.05, 0.1) is 16.6 Å². The highest BCUT2D eigenvalue weighted by Crippen LogP contribution is 2.38. The predicted octanol–water partition coefficient (Wildman–Crippen LogP) is 7.24. The fourth-order valence-corrected chi connectivity index (χ4v) is 4.73. The maximum atomic E-state index is 12.9. The van der Waals surface area contributed by atoms with Gasteiger partial charge in [0.2, 0.25) is 0 Å². The number of alkyl halides is 3. The van der Waals surface area contributed by atoms with Gasteiger partial charge in [0, 0.05) is 23.9 Å². The lowest BCUT2D eigenvalue weighted by Crippen LogP contribution is -2.14. The second kappa shape index (κ2) is 10.6. The number of rotatable bonds is 5. The highest BCUT2D eigenvalue weighted by Gasteiger charge is 2.31. The van der Waals surface area contributed by atoms with Crippen molar-refractivity contribution in [2.45, 2.75) is 57.0 Å². The van der Waals surface area contributed by atoms with E-state index in [1.165, 1.54) is 32.1 Å². The topological polar surface area (TPSA) is 92.8 Å². The molecule has 5 rings (SSSR count). The third-order valence-electron chi connectivity index (χ3n) is 6.63. The number of aromatic amines is 1. The average Bonchev–Trinajstić information content (AvgIpc) is 3.29. The van der Waals surface area contributed by atoms with Gasteiger partial charge in [0.25, 0.3) is 5.91 Å². The molecule has 2 N–H and O–H groups in total. The summed E-state index contributed by atoms with van der Waals surface area (Å²) in [5.41, 5.74) is 1.01. The number of pyridine rings is 2. The minimum Gasteiger partial charge on any atom is -0.456 e. The maximum Gasteiger partial charge on any atom is 0.416 e. The number of hydrogen-bond donors (Lipinski definition) is 2. The van der Waals surface area contributed by atoms with Crippen LogP contribution in [0.4, 0.5) is 19.0 Å². The first kappa shape index (κ1) is 24.7. The zero-order chi connectivity index (χ0) is 25.8. The molecular weight excluding hydrogens is 483 g/mol. The Balaban J connectivity index is 1.32. The van der Waals surface area contributed by atoms with Gasteiger partial charge in [-0.25, -0.2) is 9.97 Å². The van der Waals surface area contributed by atoms with Gasteiger partial charge in [0.15, 0.2) is 5.65 Å². The predicted molar refractivity (Wildman–Crippen MR) is 133 cm³/mol. The quantitative estimate of drug-likeness (QED) is 0.296. The van der Waals surface area contributed by atoms with Crippen LogP contribution >= 0.6 is 0 Å². The van der Waals surface area contributed by atoms with Crippen molar-refractivity contribution < 1.29 is 22.7 Å². The molecule has 0 bridgehead atoms. The monoisotopic (exact) mass is 509 g/mol. The molecule has 4 aromatic rings. The van der Waals surface area contributed by atoms with E-state index < -0.39 is 17.6 Å². The molecule has 10 heteroatoms. The first-order valence-electron chi connectivity index (χ1n) is 12.3. The van der Waals surface area contributed by atoms with Crippen LogP contribution in [0.3, 0.4) is 0 Å². The summed E-state index contributed by atoms with van der Waals surface area (Å²) in [7, 11) is 0. The maximum absolute atomic E-state index is 12.9. The van der Waals surface area contributed by atoms with E-state index in [0.717, 1.165) is 42.3 Å². The van der Waals surface area contributed by atoms with Crippen molar-refractivity contribution in [2.75, 3.05) is 5.32 Å². The number of carbonyl (C=O) groups is 1. The van der Waals surface area contributed by atoms with Crippen LogP contribution in [0.1, 0.15) is 72.5 Å². The lowest BCUT2D eigenvalue weighted by Gasteiger charge is -2.19. The molecule has 1 aliphatic carbocycles. The number of amides is 1. The molecule has 1 fully saturated rings. The SMILES string of the molecule is O=C(Nc1cc(C(F)(F)F)ccn1)c1ccc(Oc2ccnc3n[nH]c(C4CCCCCCC4)c23)cc1. The van der Waals surface area contributed by atoms with Crippen molar-refractivity contribution in [2.24, 2.45) is 0 Å². The van der Waals surface area contributed by atoms with Crippen LogP contribution in [0.2, 0.25) is 0 Å². The summed E-state index contributed by atoms with van der Waals surface area (Å²) in [5, 5.41) is 10.9. The summed E-state index contributed by atoms with van der Waals surface area (Å²) in [5.74, 6) is 0.742. The van der Waals surface area contributed by atoms with Crippen molar-refractivity contribution in [3.63, 3.8) is 0 Å². The lowest BCUT2D eigenvalue weighted by molar-refractivity contribution is -0.137. The summed E-state index contributed by atoms with van der Waals surface area (Å²) in [4.78, 5) is 20.8. The van der Waals surface area contributed by atoms with E-state index >= 15 is 0 Å². The van der Waals surface area contributed by atoms with Crippen LogP contribution in [-0.4, -0.2) is 26.1 Å². The highest BCUT2D eigenvalue weighted by atomic mass is 19.4. The van der Waals surface area contributed by atoms with E-state index in [0.29, 0.717) is 23.1 Å². The fourth-order valence-electron chi connectivity index (χ4n) is 4.73. The molecule has 192 valence electrons. The molecule has 0 radical (unpaired) electrons. The molecule has 0 atom stereocenters. The fraction of sp³-hybridized carbons (Fsp3) is 0.333. The Bertz CT molecular complexity index is 1380. The van der Waals surface area contributed by atoms with Crippen LogP contribution in [0.25, 0.3) is 11.0 Å². The third kappa shape index (κ3) is 5.73. The van der Waals surface area contributed by atoms with Crippen molar-refractivity contribution in [1.82, 2.24) is 20.2 Å². The van der Waals surface area contributed by atoms with Crippen molar-refractivity contribution in [1.29, 1.82) is 0 Å². The molecule has 3 aromatic heterocycles. The molecule has 1 amide bonds. The van der Waals surface area contributed by atoms with Gasteiger partial charge in [-0.05, 0) is 55.3 Å². The Labute approximate surface area is 211 Å². The van der Waals surface area contributed by atoms with Gasteiger partial charge >= 0.3 is 6.18 Å². The van der Waals surface area contributed by atoms with Crippen LogP contribution in [-0.2, 0) is 6.18 Å². The van der Waals surface area contributed by atoms with Gasteiger partial charge in [-0.1, -0.05) is 32.1 Å². The van der Waals surface area contributed by atoms with E-state index in [9.17, 15) is 18.0 Å². The third-order valence-corrected chi connectivity index (χ3v) is 6.63. The van der Waals surface area contributed by atoms with E-state index in [2.05, 4.69) is 25.5 Å². The molecule has 1 saturated carbocycles. The summed E-state index contributed by atoms with van der Waals surface area (Å²) in [6, 6.07) is 9.80. The molecule has 1 aliphatic rings. The number of nitrogens with one attached hydrogen (secondary N) is 2. The number of benzene rings is 1. The zero-order valence-electron chi connectivity index (χ0n) is 20.0. The number of halogens is 3. The second-order valence-corrected chi connectivity index (χ2v) is 9.20. The van der Waals surface area contributed by atoms with Crippen molar-refractivity contribution in [3.05, 3.63) is 71.7 Å². The first-order valence-corrected chi connectivity index (χ1v) is 12.3. The van der Waals surface area contributed by atoms with E-state index in [-0.39, 0.29) is 11.4 Å². The molecule has 7 nitrogen and oxygen atoms in total. The lowest BCUT2D eigenvalue weighted by atomic mass is 9.88. The second-order valence-electron chi connectivity index (χ2n) is 9.20. The molecule has 0 aliphatic heterocycles. The number of hydrogen-bond acceptors (Lipinski definition) is 5. The van der Waals surface area contributed by atoms with E-state index in [1.807, 2.05) is 0 Å². The van der Waals surface area contributed by atoms with Crippen LogP contribution < -0.4 is 10.1 Å². The number of fused-ring (bicyclic) bond motifs is 1. The Morgan fingerprint density at radius 3 is 2.38 bits per heavy atom. The van der Waals surface area contributed by atoms with Gasteiger partial charge in [0.1, 0.15) is 17.3 Å². The number of nitrogens with zero attached hydrogens (tertiary/aromatic N) is 3.